The van der Waals surface area contributed by atoms with E-state index in [1.165, 1.54) is 25.1 Å². The number of benzene rings is 1. The minimum atomic E-state index is -2.90. The molecule has 0 bridgehead atoms. The van der Waals surface area contributed by atoms with Crippen molar-refractivity contribution in [2.45, 2.75) is 19.6 Å². The van der Waals surface area contributed by atoms with Crippen LogP contribution in [0.3, 0.4) is 0 Å². The van der Waals surface area contributed by atoms with Crippen molar-refractivity contribution in [1.29, 1.82) is 0 Å². The third kappa shape index (κ3) is 4.78. The molecule has 6 heteroatoms. The molecule has 0 aliphatic heterocycles. The van der Waals surface area contributed by atoms with Gasteiger partial charge in [-0.2, -0.15) is 8.78 Å². The number of rotatable bonds is 5. The molecule has 0 aromatic heterocycles. The summed E-state index contributed by atoms with van der Waals surface area (Å²) in [4.78, 5) is 10.6. The SMILES string of the molecule is CC(=O)NCC(O)c1cccc(OC(F)F)c1. The first-order chi connectivity index (χ1) is 7.99. The van der Waals surface area contributed by atoms with Crippen LogP contribution < -0.4 is 10.1 Å². The largest absolute Gasteiger partial charge is 0.435 e. The molecule has 1 aromatic rings. The summed E-state index contributed by atoms with van der Waals surface area (Å²) in [7, 11) is 0. The molecule has 1 rings (SSSR count). The van der Waals surface area contributed by atoms with E-state index in [-0.39, 0.29) is 18.2 Å². The molecule has 0 saturated heterocycles. The van der Waals surface area contributed by atoms with E-state index < -0.39 is 12.7 Å². The number of amides is 1. The van der Waals surface area contributed by atoms with Crippen LogP contribution in [0, 0.1) is 0 Å². The molecule has 0 heterocycles. The minimum absolute atomic E-state index is 0.0213. The molecule has 4 nitrogen and oxygen atoms in total. The smallest absolute Gasteiger partial charge is 0.387 e. The van der Waals surface area contributed by atoms with Crippen molar-refractivity contribution in [2.24, 2.45) is 0 Å². The van der Waals surface area contributed by atoms with Gasteiger partial charge in [-0.25, -0.2) is 0 Å². The van der Waals surface area contributed by atoms with Gasteiger partial charge in [-0.15, -0.1) is 0 Å². The van der Waals surface area contributed by atoms with E-state index in [0.717, 1.165) is 0 Å². The van der Waals surface area contributed by atoms with Gasteiger partial charge in [0.05, 0.1) is 6.10 Å². The highest BCUT2D eigenvalue weighted by Crippen LogP contribution is 2.20. The number of alkyl halides is 2. The Bertz CT molecular complexity index is 385. The van der Waals surface area contributed by atoms with Crippen molar-refractivity contribution >= 4 is 5.91 Å². The summed E-state index contributed by atoms with van der Waals surface area (Å²) in [5.41, 5.74) is 0.400. The molecule has 0 aliphatic carbocycles. The van der Waals surface area contributed by atoms with Crippen molar-refractivity contribution in [3.05, 3.63) is 29.8 Å². The van der Waals surface area contributed by atoms with E-state index >= 15 is 0 Å². The van der Waals surface area contributed by atoms with Gasteiger partial charge >= 0.3 is 6.61 Å². The second-order valence-corrected chi connectivity index (χ2v) is 3.40. The van der Waals surface area contributed by atoms with Crippen molar-refractivity contribution in [3.8, 4) is 5.75 Å². The second kappa shape index (κ2) is 6.15. The lowest BCUT2D eigenvalue weighted by Gasteiger charge is -2.12. The van der Waals surface area contributed by atoms with Gasteiger partial charge in [0.15, 0.2) is 0 Å². The molecule has 1 unspecified atom stereocenters. The molecule has 1 aromatic carbocycles. The van der Waals surface area contributed by atoms with Gasteiger partial charge in [0.2, 0.25) is 5.91 Å². The maximum absolute atomic E-state index is 12.0. The van der Waals surface area contributed by atoms with Crippen LogP contribution in [0.4, 0.5) is 8.78 Å². The highest BCUT2D eigenvalue weighted by molar-refractivity contribution is 5.72. The number of aliphatic hydroxyl groups is 1. The zero-order valence-electron chi connectivity index (χ0n) is 9.19. The molecule has 1 amide bonds. The lowest BCUT2D eigenvalue weighted by Crippen LogP contribution is -2.25. The first kappa shape index (κ1) is 13.4. The van der Waals surface area contributed by atoms with E-state index in [1.54, 1.807) is 6.07 Å². The predicted octanol–water partition coefficient (Wildman–Crippen LogP) is 1.46. The Hall–Kier alpha value is -1.69. The maximum Gasteiger partial charge on any atom is 0.387 e. The van der Waals surface area contributed by atoms with Crippen LogP contribution in [0.5, 0.6) is 5.75 Å². The third-order valence-corrected chi connectivity index (χ3v) is 2.01. The molecular formula is C11H13F2NO3. The third-order valence-electron chi connectivity index (χ3n) is 2.01. The standard InChI is InChI=1S/C11H13F2NO3/c1-7(15)14-6-10(16)8-3-2-4-9(5-8)17-11(12)13/h2-5,10-11,16H,6H2,1H3,(H,14,15). The zero-order valence-corrected chi connectivity index (χ0v) is 9.19. The molecule has 1 atom stereocenters. The molecule has 94 valence electrons. The van der Waals surface area contributed by atoms with Crippen LogP contribution in [0.15, 0.2) is 24.3 Å². The number of hydrogen-bond donors (Lipinski definition) is 2. The minimum Gasteiger partial charge on any atom is -0.435 e. The summed E-state index contributed by atoms with van der Waals surface area (Å²) >= 11 is 0. The summed E-state index contributed by atoms with van der Waals surface area (Å²) in [6.45, 7) is -1.56. The molecule has 0 aliphatic rings. The molecule has 0 radical (unpaired) electrons. The van der Waals surface area contributed by atoms with Gasteiger partial charge in [-0.05, 0) is 17.7 Å². The van der Waals surface area contributed by atoms with Crippen molar-refractivity contribution in [3.63, 3.8) is 0 Å². The molecule has 0 spiro atoms. The Morgan fingerprint density at radius 1 is 1.53 bits per heavy atom. The summed E-state index contributed by atoms with van der Waals surface area (Å²) in [6.07, 6.45) is -0.958. The highest BCUT2D eigenvalue weighted by atomic mass is 19.3. The normalized spacial score (nSPS) is 12.3. The fraction of sp³-hybridized carbons (Fsp3) is 0.364. The van der Waals surface area contributed by atoms with E-state index in [2.05, 4.69) is 10.1 Å². The Kier molecular flexibility index (Phi) is 4.84. The van der Waals surface area contributed by atoms with Gasteiger partial charge < -0.3 is 15.2 Å². The predicted molar refractivity (Wildman–Crippen MR) is 56.7 cm³/mol. The molecule has 2 N–H and O–H groups in total. The Morgan fingerprint density at radius 3 is 2.82 bits per heavy atom. The van der Waals surface area contributed by atoms with Crippen molar-refractivity contribution in [1.82, 2.24) is 5.32 Å². The summed E-state index contributed by atoms with van der Waals surface area (Å²) < 4.78 is 28.1. The fourth-order valence-corrected chi connectivity index (χ4v) is 1.26. The maximum atomic E-state index is 12.0. The summed E-state index contributed by atoms with van der Waals surface area (Å²) in [5, 5.41) is 12.1. The van der Waals surface area contributed by atoms with Gasteiger partial charge in [0, 0.05) is 13.5 Å². The Balaban J connectivity index is 2.66. The molecule has 0 saturated carbocycles. The average molecular weight is 245 g/mol. The quantitative estimate of drug-likeness (QED) is 0.825. The Morgan fingerprint density at radius 2 is 2.24 bits per heavy atom. The van der Waals surface area contributed by atoms with Crippen LogP contribution in [-0.4, -0.2) is 24.2 Å². The van der Waals surface area contributed by atoms with Crippen LogP contribution in [0.2, 0.25) is 0 Å². The van der Waals surface area contributed by atoms with Crippen molar-refractivity contribution in [2.75, 3.05) is 6.54 Å². The monoisotopic (exact) mass is 245 g/mol. The number of carbonyl (C=O) groups excluding carboxylic acids is 1. The number of aliphatic hydroxyl groups excluding tert-OH is 1. The van der Waals surface area contributed by atoms with Gasteiger partial charge in [0.1, 0.15) is 5.75 Å². The van der Waals surface area contributed by atoms with Gasteiger partial charge in [0.25, 0.3) is 0 Å². The van der Waals surface area contributed by atoms with Crippen LogP contribution in [-0.2, 0) is 4.79 Å². The number of nitrogens with one attached hydrogen (secondary N) is 1. The van der Waals surface area contributed by atoms with Crippen LogP contribution in [0.1, 0.15) is 18.6 Å². The molecule has 17 heavy (non-hydrogen) atoms. The number of carbonyl (C=O) groups is 1. The number of halogens is 2. The van der Waals surface area contributed by atoms with E-state index in [1.807, 2.05) is 0 Å². The van der Waals surface area contributed by atoms with E-state index in [9.17, 15) is 18.7 Å². The zero-order chi connectivity index (χ0) is 12.8. The number of hydrogen-bond acceptors (Lipinski definition) is 3. The Labute approximate surface area is 97.2 Å². The first-order valence-corrected chi connectivity index (χ1v) is 4.96. The summed E-state index contributed by atoms with van der Waals surface area (Å²) in [5.74, 6) is -0.302. The lowest BCUT2D eigenvalue weighted by molar-refractivity contribution is -0.119. The molecule has 0 fully saturated rings. The van der Waals surface area contributed by atoms with Crippen LogP contribution in [0.25, 0.3) is 0 Å². The second-order valence-electron chi connectivity index (χ2n) is 3.40. The topological polar surface area (TPSA) is 58.6 Å². The average Bonchev–Trinajstić information content (AvgIpc) is 2.25. The van der Waals surface area contributed by atoms with Crippen molar-refractivity contribution < 1.29 is 23.4 Å². The lowest BCUT2D eigenvalue weighted by atomic mass is 10.1. The first-order valence-electron chi connectivity index (χ1n) is 4.96. The highest BCUT2D eigenvalue weighted by Gasteiger charge is 2.10. The van der Waals surface area contributed by atoms with Gasteiger partial charge in [-0.1, -0.05) is 12.1 Å². The fourth-order valence-electron chi connectivity index (χ4n) is 1.26. The van der Waals surface area contributed by atoms with Crippen LogP contribution >= 0.6 is 0 Å². The number of ether oxygens (including phenoxy) is 1. The van der Waals surface area contributed by atoms with E-state index in [0.29, 0.717) is 5.56 Å². The molecular weight excluding hydrogens is 232 g/mol. The van der Waals surface area contributed by atoms with Gasteiger partial charge in [-0.3, -0.25) is 4.79 Å². The summed E-state index contributed by atoms with van der Waals surface area (Å²) in [6, 6.07) is 5.72. The van der Waals surface area contributed by atoms with E-state index in [4.69, 9.17) is 0 Å².